The van der Waals surface area contributed by atoms with Gasteiger partial charge in [-0.3, -0.25) is 4.90 Å². The number of ether oxygens (including phenoxy) is 1. The molecule has 1 saturated heterocycles. The maximum absolute atomic E-state index is 6.16. The predicted molar refractivity (Wildman–Crippen MR) is 134 cm³/mol. The van der Waals surface area contributed by atoms with Crippen molar-refractivity contribution in [2.45, 2.75) is 64.9 Å². The molecule has 3 rings (SSSR count). The highest BCUT2D eigenvalue weighted by Gasteiger charge is 2.27. The lowest BCUT2D eigenvalue weighted by Crippen LogP contribution is -2.40. The van der Waals surface area contributed by atoms with Gasteiger partial charge in [0.05, 0.1) is 0 Å². The molecule has 0 amide bonds. The van der Waals surface area contributed by atoms with Gasteiger partial charge < -0.3 is 15.8 Å². The van der Waals surface area contributed by atoms with Crippen LogP contribution >= 0.6 is 24.0 Å². The first-order valence-electron chi connectivity index (χ1n) is 11.2. The summed E-state index contributed by atoms with van der Waals surface area (Å²) in [5.74, 6) is 1.90. The van der Waals surface area contributed by atoms with Crippen LogP contribution in [0.15, 0.2) is 29.3 Å². The molecule has 1 aliphatic heterocycles. The molecule has 1 aliphatic carbocycles. The highest BCUT2D eigenvalue weighted by Crippen LogP contribution is 2.38. The number of aliphatic imine (C=N–C) groups is 1. The van der Waals surface area contributed by atoms with Gasteiger partial charge >= 0.3 is 0 Å². The van der Waals surface area contributed by atoms with Crippen LogP contribution in [0, 0.1) is 5.41 Å². The Morgan fingerprint density at radius 1 is 1.27 bits per heavy atom. The fraction of sp³-hybridized carbons (Fsp3) is 0.652. The highest BCUT2D eigenvalue weighted by atomic mass is 32.2. The smallest absolute Gasteiger partial charge is 0.199 e. The van der Waals surface area contributed by atoms with Crippen LogP contribution in [0.3, 0.4) is 0 Å². The summed E-state index contributed by atoms with van der Waals surface area (Å²) in [7, 11) is 0. The molecule has 1 aromatic rings. The minimum atomic E-state index is 0.269. The second-order valence-electron chi connectivity index (χ2n) is 8.84. The number of piperidine rings is 1. The summed E-state index contributed by atoms with van der Waals surface area (Å²) in [6.07, 6.45) is 9.15. The number of anilines is 1. The summed E-state index contributed by atoms with van der Waals surface area (Å²) < 4.78 is 6.16. The lowest BCUT2D eigenvalue weighted by atomic mass is 9.77. The van der Waals surface area contributed by atoms with Crippen molar-refractivity contribution in [2.75, 3.05) is 30.7 Å². The van der Waals surface area contributed by atoms with Crippen LogP contribution in [0.2, 0.25) is 0 Å². The van der Waals surface area contributed by atoms with E-state index in [9.17, 15) is 0 Å². The van der Waals surface area contributed by atoms with E-state index >= 15 is 0 Å². The van der Waals surface area contributed by atoms with Gasteiger partial charge in [0.15, 0.2) is 10.3 Å². The summed E-state index contributed by atoms with van der Waals surface area (Å²) in [4.78, 5) is 6.80. The summed E-state index contributed by atoms with van der Waals surface area (Å²) in [6.45, 7) is 7.83. The first kappa shape index (κ1) is 23.4. The van der Waals surface area contributed by atoms with E-state index in [4.69, 9.17) is 22.7 Å². The third kappa shape index (κ3) is 7.43. The van der Waals surface area contributed by atoms with Crippen LogP contribution in [0.25, 0.3) is 0 Å². The van der Waals surface area contributed by atoms with Crippen molar-refractivity contribution in [2.24, 2.45) is 16.1 Å². The Morgan fingerprint density at radius 3 is 2.70 bits per heavy atom. The third-order valence-electron chi connectivity index (χ3n) is 6.16. The maximum Gasteiger partial charge on any atom is 0.199 e. The van der Waals surface area contributed by atoms with Crippen molar-refractivity contribution in [3.05, 3.63) is 24.3 Å². The molecule has 0 radical (unpaired) electrons. The van der Waals surface area contributed by atoms with Gasteiger partial charge in [-0.25, -0.2) is 0 Å². The molecule has 2 fully saturated rings. The molecule has 5 nitrogen and oxygen atoms in total. The van der Waals surface area contributed by atoms with Gasteiger partial charge in [0.1, 0.15) is 11.9 Å². The molecule has 30 heavy (non-hydrogen) atoms. The van der Waals surface area contributed by atoms with Crippen molar-refractivity contribution in [3.8, 4) is 5.75 Å². The van der Waals surface area contributed by atoms with Crippen molar-refractivity contribution in [3.63, 3.8) is 0 Å². The van der Waals surface area contributed by atoms with Crippen molar-refractivity contribution >= 4 is 39.9 Å². The number of likely N-dealkylation sites (N-methyl/N-ethyl adjacent to an activating group) is 1. The van der Waals surface area contributed by atoms with E-state index in [0.29, 0.717) is 15.7 Å². The lowest BCUT2D eigenvalue weighted by Gasteiger charge is -2.33. The van der Waals surface area contributed by atoms with E-state index in [0.717, 1.165) is 36.7 Å². The number of hydrogen-bond acceptors (Lipinski definition) is 4. The first-order chi connectivity index (χ1) is 14.5. The molecule has 1 atom stereocenters. The number of likely N-dealkylation sites (tertiary alicyclic amines) is 1. The van der Waals surface area contributed by atoms with Crippen LogP contribution < -0.4 is 15.8 Å². The summed E-state index contributed by atoms with van der Waals surface area (Å²) in [5.41, 5.74) is 7.39. The summed E-state index contributed by atoms with van der Waals surface area (Å²) in [5, 5.41) is 4.09. The monoisotopic (exact) mass is 448 g/mol. The zero-order valence-electron chi connectivity index (χ0n) is 18.4. The van der Waals surface area contributed by atoms with Gasteiger partial charge in [-0.05, 0) is 80.7 Å². The molecule has 0 spiro atoms. The Balaban J connectivity index is 1.45. The molecule has 1 unspecified atom stereocenters. The van der Waals surface area contributed by atoms with E-state index in [1.54, 1.807) is 11.8 Å². The standard InChI is InChI=1S/C23H36N4OS2/c1-3-27-15-7-8-20(16-27)28-19-11-9-18(10-12-19)25-22(29)26-21(24)30-17-23(2)13-5-4-6-14-23/h9-12,20H,3-8,13-17H2,1-2H3,(H3,24,25,26,29). The molecule has 166 valence electrons. The van der Waals surface area contributed by atoms with Crippen molar-refractivity contribution < 1.29 is 4.74 Å². The van der Waals surface area contributed by atoms with Crippen LogP contribution in [0.4, 0.5) is 5.69 Å². The molecule has 3 N–H and O–H groups in total. The van der Waals surface area contributed by atoms with Crippen molar-refractivity contribution in [1.82, 2.24) is 4.90 Å². The van der Waals surface area contributed by atoms with Crippen LogP contribution in [-0.4, -0.2) is 46.7 Å². The maximum atomic E-state index is 6.16. The van der Waals surface area contributed by atoms with Crippen molar-refractivity contribution in [1.29, 1.82) is 0 Å². The largest absolute Gasteiger partial charge is 0.489 e. The number of nitrogens with two attached hydrogens (primary N) is 1. The second-order valence-corrected chi connectivity index (χ2v) is 10.2. The van der Waals surface area contributed by atoms with Gasteiger partial charge in [-0.1, -0.05) is 44.9 Å². The van der Waals surface area contributed by atoms with E-state index in [1.165, 1.54) is 45.1 Å². The van der Waals surface area contributed by atoms with Gasteiger partial charge in [0.2, 0.25) is 0 Å². The lowest BCUT2D eigenvalue weighted by molar-refractivity contribution is 0.0920. The molecular weight excluding hydrogens is 412 g/mol. The van der Waals surface area contributed by atoms with Gasteiger partial charge in [-0.2, -0.15) is 4.99 Å². The molecule has 7 heteroatoms. The van der Waals surface area contributed by atoms with E-state index in [1.807, 2.05) is 24.3 Å². The average Bonchev–Trinajstić information content (AvgIpc) is 2.74. The van der Waals surface area contributed by atoms with Gasteiger partial charge in [0.25, 0.3) is 0 Å². The Labute approximate surface area is 191 Å². The number of nitrogens with one attached hydrogen (secondary N) is 1. The number of thioether (sulfide) groups is 1. The molecule has 1 saturated carbocycles. The van der Waals surface area contributed by atoms with E-state index in [-0.39, 0.29) is 6.10 Å². The second kappa shape index (κ2) is 11.3. The molecular formula is C23H36N4OS2. The molecule has 0 aromatic heterocycles. The minimum Gasteiger partial charge on any atom is -0.489 e. The van der Waals surface area contributed by atoms with Crippen LogP contribution in [0.1, 0.15) is 58.8 Å². The first-order valence-corrected chi connectivity index (χ1v) is 12.6. The zero-order chi connectivity index (χ0) is 21.4. The fourth-order valence-corrected chi connectivity index (χ4v) is 5.50. The Kier molecular flexibility index (Phi) is 8.84. The molecule has 0 bridgehead atoms. The number of hydrogen-bond donors (Lipinski definition) is 2. The third-order valence-corrected chi connectivity index (χ3v) is 7.58. The van der Waals surface area contributed by atoms with Crippen LogP contribution in [0.5, 0.6) is 5.75 Å². The molecule has 1 heterocycles. The topological polar surface area (TPSA) is 62.9 Å². The molecule has 2 aliphatic rings. The summed E-state index contributed by atoms with van der Waals surface area (Å²) in [6, 6.07) is 7.93. The van der Waals surface area contributed by atoms with E-state index in [2.05, 4.69) is 29.1 Å². The number of thiocarbonyl (C=S) groups is 1. The molecule has 1 aromatic carbocycles. The SMILES string of the molecule is CCN1CCCC(Oc2ccc(NC(=S)/N=C(\N)SCC3(C)CCCCC3)cc2)C1. The summed E-state index contributed by atoms with van der Waals surface area (Å²) >= 11 is 6.99. The Bertz CT molecular complexity index is 716. The average molecular weight is 449 g/mol. The van der Waals surface area contributed by atoms with Gasteiger partial charge in [0, 0.05) is 18.0 Å². The van der Waals surface area contributed by atoms with Gasteiger partial charge in [-0.15, -0.1) is 0 Å². The number of benzene rings is 1. The Hall–Kier alpha value is -1.31. The normalized spacial score (nSPS) is 22.5. The van der Waals surface area contributed by atoms with Crippen LogP contribution in [-0.2, 0) is 0 Å². The Morgan fingerprint density at radius 2 is 2.00 bits per heavy atom. The number of rotatable bonds is 6. The predicted octanol–water partition coefficient (Wildman–Crippen LogP) is 5.26. The highest BCUT2D eigenvalue weighted by molar-refractivity contribution is 8.13. The fourth-order valence-electron chi connectivity index (χ4n) is 4.29. The number of amidine groups is 1. The van der Waals surface area contributed by atoms with E-state index < -0.39 is 0 Å². The quantitative estimate of drug-likeness (QED) is 0.351. The minimum absolute atomic E-state index is 0.269. The number of nitrogens with zero attached hydrogens (tertiary/aromatic N) is 2. The zero-order valence-corrected chi connectivity index (χ0v) is 20.0.